The van der Waals surface area contributed by atoms with E-state index in [-0.39, 0.29) is 12.0 Å². The Labute approximate surface area is 170 Å². The van der Waals surface area contributed by atoms with Gasteiger partial charge in [0.15, 0.2) is 5.82 Å². The lowest BCUT2D eigenvalue weighted by Gasteiger charge is -2.32. The highest BCUT2D eigenvalue weighted by atomic mass is 16.6. The molecule has 2 aliphatic heterocycles. The largest absolute Gasteiger partial charge is 0.444 e. The van der Waals surface area contributed by atoms with Gasteiger partial charge in [0.1, 0.15) is 5.60 Å². The van der Waals surface area contributed by atoms with Crippen LogP contribution in [0, 0.1) is 0 Å². The van der Waals surface area contributed by atoms with Crippen molar-refractivity contribution >= 4 is 6.09 Å². The minimum Gasteiger partial charge on any atom is -0.444 e. The predicted molar refractivity (Wildman–Crippen MR) is 105 cm³/mol. The Morgan fingerprint density at radius 2 is 2.00 bits per heavy atom. The Bertz CT molecular complexity index is 846. The number of pyridine rings is 1. The normalized spacial score (nSPS) is 20.8. The molecule has 8 heteroatoms. The number of piperidine rings is 1. The molecule has 2 aromatic heterocycles. The van der Waals surface area contributed by atoms with E-state index in [1.807, 2.05) is 32.9 Å². The van der Waals surface area contributed by atoms with Crippen molar-refractivity contribution in [2.24, 2.45) is 0 Å². The fourth-order valence-corrected chi connectivity index (χ4v) is 3.74. The van der Waals surface area contributed by atoms with Crippen LogP contribution in [0.15, 0.2) is 22.9 Å². The number of ether oxygens (including phenoxy) is 2. The summed E-state index contributed by atoms with van der Waals surface area (Å²) in [5.74, 6) is 1.72. The van der Waals surface area contributed by atoms with Gasteiger partial charge in [-0.05, 0) is 52.2 Å². The molecule has 0 bridgehead atoms. The second-order valence-electron chi connectivity index (χ2n) is 8.73. The highest BCUT2D eigenvalue weighted by Crippen LogP contribution is 2.30. The zero-order chi connectivity index (χ0) is 20.4. The van der Waals surface area contributed by atoms with Crippen LogP contribution in [0.3, 0.4) is 0 Å². The third kappa shape index (κ3) is 4.75. The first-order valence-electron chi connectivity index (χ1n) is 10.2. The molecule has 0 N–H and O–H groups in total. The van der Waals surface area contributed by atoms with Gasteiger partial charge in [-0.3, -0.25) is 4.98 Å². The number of amides is 1. The number of nitrogens with zero attached hydrogens (tertiary/aromatic N) is 4. The maximum Gasteiger partial charge on any atom is 0.410 e. The number of hydrogen-bond acceptors (Lipinski definition) is 7. The lowest BCUT2D eigenvalue weighted by atomic mass is 9.96. The van der Waals surface area contributed by atoms with Gasteiger partial charge >= 0.3 is 6.09 Å². The molecule has 1 unspecified atom stereocenters. The molecule has 0 spiro atoms. The van der Waals surface area contributed by atoms with Gasteiger partial charge in [-0.15, -0.1) is 0 Å². The standard InChI is InChI=1S/C21H28N4O4/c1-21(2,3)28-20(26)25-9-5-14(6-10-25)18-23-19(29-24-18)15-4-8-22-17(12-15)16-7-11-27-13-16/h4,8,12,14,16H,5-7,9-11,13H2,1-3H3. The fourth-order valence-electron chi connectivity index (χ4n) is 3.74. The Balaban J connectivity index is 1.39. The average Bonchev–Trinajstić information content (AvgIpc) is 3.39. The SMILES string of the molecule is CC(C)(C)OC(=O)N1CCC(c2noc(-c3ccnc(C4CCOC4)c3)n2)CC1. The second kappa shape index (κ2) is 8.10. The molecule has 2 aromatic rings. The minimum atomic E-state index is -0.482. The quantitative estimate of drug-likeness (QED) is 0.775. The third-order valence-electron chi connectivity index (χ3n) is 5.33. The smallest absolute Gasteiger partial charge is 0.410 e. The van der Waals surface area contributed by atoms with Crippen LogP contribution in [-0.4, -0.2) is 58.0 Å². The molecule has 4 rings (SSSR count). The van der Waals surface area contributed by atoms with Crippen LogP contribution in [0.5, 0.6) is 0 Å². The van der Waals surface area contributed by atoms with Crippen molar-refractivity contribution in [1.29, 1.82) is 0 Å². The molecular weight excluding hydrogens is 372 g/mol. The first kappa shape index (κ1) is 19.8. The summed E-state index contributed by atoms with van der Waals surface area (Å²) in [7, 11) is 0. The minimum absolute atomic E-state index is 0.177. The fraction of sp³-hybridized carbons (Fsp3) is 0.619. The Hall–Kier alpha value is -2.48. The maximum absolute atomic E-state index is 12.2. The van der Waals surface area contributed by atoms with Gasteiger partial charge in [0.05, 0.1) is 6.61 Å². The van der Waals surface area contributed by atoms with E-state index in [0.717, 1.165) is 37.1 Å². The summed E-state index contributed by atoms with van der Waals surface area (Å²) in [6, 6.07) is 3.91. The third-order valence-corrected chi connectivity index (χ3v) is 5.33. The summed E-state index contributed by atoms with van der Waals surface area (Å²) in [5.41, 5.74) is 1.40. The van der Waals surface area contributed by atoms with Crippen molar-refractivity contribution in [3.05, 3.63) is 29.8 Å². The number of carbonyl (C=O) groups excluding carboxylic acids is 1. The zero-order valence-corrected chi connectivity index (χ0v) is 17.3. The number of hydrogen-bond donors (Lipinski definition) is 0. The topological polar surface area (TPSA) is 90.6 Å². The monoisotopic (exact) mass is 400 g/mol. The van der Waals surface area contributed by atoms with Gasteiger partial charge < -0.3 is 18.9 Å². The summed E-state index contributed by atoms with van der Waals surface area (Å²) in [6.07, 6.45) is 4.09. The highest BCUT2D eigenvalue weighted by Gasteiger charge is 2.30. The molecule has 2 saturated heterocycles. The van der Waals surface area contributed by atoms with E-state index in [0.29, 0.717) is 37.3 Å². The van der Waals surface area contributed by atoms with Crippen molar-refractivity contribution in [2.45, 2.75) is 57.5 Å². The van der Waals surface area contributed by atoms with Crippen LogP contribution in [-0.2, 0) is 9.47 Å². The molecule has 2 fully saturated rings. The van der Waals surface area contributed by atoms with Gasteiger partial charge in [0.2, 0.25) is 0 Å². The molecule has 1 atom stereocenters. The summed E-state index contributed by atoms with van der Waals surface area (Å²) in [6.45, 7) is 8.38. The molecule has 156 valence electrons. The molecule has 0 aromatic carbocycles. The van der Waals surface area contributed by atoms with Crippen LogP contribution in [0.1, 0.15) is 63.4 Å². The van der Waals surface area contributed by atoms with E-state index in [2.05, 4.69) is 15.1 Å². The van der Waals surface area contributed by atoms with Gasteiger partial charge in [-0.25, -0.2) is 4.79 Å². The summed E-state index contributed by atoms with van der Waals surface area (Å²) >= 11 is 0. The summed E-state index contributed by atoms with van der Waals surface area (Å²) in [5, 5.41) is 4.21. The lowest BCUT2D eigenvalue weighted by Crippen LogP contribution is -2.41. The molecule has 29 heavy (non-hydrogen) atoms. The summed E-state index contributed by atoms with van der Waals surface area (Å²) < 4.78 is 16.5. The van der Waals surface area contributed by atoms with Crippen LogP contribution >= 0.6 is 0 Å². The molecule has 0 aliphatic carbocycles. The first-order chi connectivity index (χ1) is 13.9. The molecular formula is C21H28N4O4. The van der Waals surface area contributed by atoms with E-state index in [4.69, 9.17) is 14.0 Å². The Morgan fingerprint density at radius 1 is 1.21 bits per heavy atom. The van der Waals surface area contributed by atoms with Crippen molar-refractivity contribution in [3.63, 3.8) is 0 Å². The zero-order valence-electron chi connectivity index (χ0n) is 17.3. The van der Waals surface area contributed by atoms with Crippen molar-refractivity contribution < 1.29 is 18.8 Å². The van der Waals surface area contributed by atoms with Gasteiger partial charge in [-0.1, -0.05) is 5.16 Å². The molecule has 4 heterocycles. The van der Waals surface area contributed by atoms with Crippen molar-refractivity contribution in [1.82, 2.24) is 20.0 Å². The van der Waals surface area contributed by atoms with Crippen LogP contribution in [0.4, 0.5) is 4.79 Å². The molecule has 0 saturated carbocycles. The number of aromatic nitrogens is 3. The number of rotatable bonds is 3. The van der Waals surface area contributed by atoms with Gasteiger partial charge in [0, 0.05) is 49.0 Å². The molecule has 0 radical (unpaired) electrons. The first-order valence-corrected chi connectivity index (χ1v) is 10.2. The van der Waals surface area contributed by atoms with Crippen LogP contribution < -0.4 is 0 Å². The van der Waals surface area contributed by atoms with Gasteiger partial charge in [-0.2, -0.15) is 4.98 Å². The summed E-state index contributed by atoms with van der Waals surface area (Å²) in [4.78, 5) is 23.1. The number of likely N-dealkylation sites (tertiary alicyclic amines) is 1. The van der Waals surface area contributed by atoms with Gasteiger partial charge in [0.25, 0.3) is 5.89 Å². The average molecular weight is 400 g/mol. The van der Waals surface area contributed by atoms with Crippen molar-refractivity contribution in [3.8, 4) is 11.5 Å². The Morgan fingerprint density at radius 3 is 2.69 bits per heavy atom. The van der Waals surface area contributed by atoms with E-state index < -0.39 is 5.60 Å². The lowest BCUT2D eigenvalue weighted by molar-refractivity contribution is 0.0203. The highest BCUT2D eigenvalue weighted by molar-refractivity contribution is 5.68. The Kier molecular flexibility index (Phi) is 5.54. The molecule has 2 aliphatic rings. The van der Waals surface area contributed by atoms with E-state index in [1.165, 1.54) is 0 Å². The van der Waals surface area contributed by atoms with Crippen molar-refractivity contribution in [2.75, 3.05) is 26.3 Å². The van der Waals surface area contributed by atoms with Crippen LogP contribution in [0.2, 0.25) is 0 Å². The van der Waals surface area contributed by atoms with E-state index in [1.54, 1.807) is 11.1 Å². The molecule has 1 amide bonds. The predicted octanol–water partition coefficient (Wildman–Crippen LogP) is 3.75. The number of carbonyl (C=O) groups is 1. The maximum atomic E-state index is 12.2. The van der Waals surface area contributed by atoms with E-state index in [9.17, 15) is 4.79 Å². The van der Waals surface area contributed by atoms with Crippen LogP contribution in [0.25, 0.3) is 11.5 Å². The van der Waals surface area contributed by atoms with E-state index >= 15 is 0 Å². The molecule has 8 nitrogen and oxygen atoms in total. The second-order valence-corrected chi connectivity index (χ2v) is 8.73.